The van der Waals surface area contributed by atoms with Gasteiger partial charge in [0.15, 0.2) is 0 Å². The number of nitrogens with one attached hydrogen (secondary N) is 2. The molecule has 0 fully saturated rings. The number of fused-ring (bicyclic) bond motifs is 1. The summed E-state index contributed by atoms with van der Waals surface area (Å²) in [5.74, 6) is 0.300. The van der Waals surface area contributed by atoms with Gasteiger partial charge >= 0.3 is 0 Å². The molecule has 0 spiro atoms. The number of nitrogens with zero attached hydrogens (tertiary/aromatic N) is 3. The van der Waals surface area contributed by atoms with Crippen LogP contribution in [-0.4, -0.2) is 62.7 Å². The number of imidazole rings is 1. The van der Waals surface area contributed by atoms with Crippen LogP contribution in [0.4, 0.5) is 5.82 Å². The lowest BCUT2D eigenvalue weighted by molar-refractivity contribution is -0.131. The first kappa shape index (κ1) is 26.3. The minimum absolute atomic E-state index is 0.0197. The normalized spacial score (nSPS) is 11.3. The third kappa shape index (κ3) is 8.18. The Morgan fingerprint density at radius 1 is 1.18 bits per heavy atom. The molecule has 2 aromatic heterocycles. The zero-order chi connectivity index (χ0) is 24.1. The van der Waals surface area contributed by atoms with Crippen LogP contribution in [0.5, 0.6) is 0 Å². The van der Waals surface area contributed by atoms with Crippen molar-refractivity contribution < 1.29 is 19.9 Å². The molecule has 0 saturated carbocycles. The van der Waals surface area contributed by atoms with Gasteiger partial charge in [0.1, 0.15) is 11.5 Å². The average molecular weight is 460 g/mol. The first-order valence-electron chi connectivity index (χ1n) is 11.8. The number of hydroxylamine groups is 1. The van der Waals surface area contributed by atoms with Crippen molar-refractivity contribution in [2.45, 2.75) is 58.8 Å². The molecule has 182 valence electrons. The maximum atomic E-state index is 12.5. The molecule has 2 aromatic rings. The molecule has 9 heteroatoms. The van der Waals surface area contributed by atoms with Crippen LogP contribution in [0.1, 0.15) is 63.6 Å². The molecule has 0 radical (unpaired) electrons. The van der Waals surface area contributed by atoms with Crippen molar-refractivity contribution >= 4 is 29.4 Å². The van der Waals surface area contributed by atoms with E-state index in [9.17, 15) is 14.7 Å². The van der Waals surface area contributed by atoms with Crippen LogP contribution in [0, 0.1) is 0 Å². The highest BCUT2D eigenvalue weighted by molar-refractivity contribution is 5.91. The van der Waals surface area contributed by atoms with Crippen molar-refractivity contribution in [3.63, 3.8) is 0 Å². The van der Waals surface area contributed by atoms with Crippen molar-refractivity contribution in [3.05, 3.63) is 35.7 Å². The Bertz CT molecular complexity index is 919. The summed E-state index contributed by atoms with van der Waals surface area (Å²) in [5, 5.41) is 21.3. The van der Waals surface area contributed by atoms with Gasteiger partial charge in [0.25, 0.3) is 5.91 Å². The molecule has 2 heterocycles. The predicted octanol–water partition coefficient (Wildman–Crippen LogP) is 3.01. The zero-order valence-electron chi connectivity index (χ0n) is 19.7. The minimum Gasteiger partial charge on any atom is -0.395 e. The summed E-state index contributed by atoms with van der Waals surface area (Å²) in [5.41, 5.74) is 4.06. The van der Waals surface area contributed by atoms with Crippen molar-refractivity contribution in [2.75, 3.05) is 31.6 Å². The Morgan fingerprint density at radius 3 is 2.70 bits per heavy atom. The van der Waals surface area contributed by atoms with E-state index in [4.69, 9.17) is 10.2 Å². The molecule has 2 rings (SSSR count). The van der Waals surface area contributed by atoms with E-state index in [1.807, 2.05) is 29.7 Å². The van der Waals surface area contributed by atoms with Gasteiger partial charge < -0.3 is 15.3 Å². The Balaban J connectivity index is 2.17. The van der Waals surface area contributed by atoms with Crippen LogP contribution in [0.3, 0.4) is 0 Å². The lowest BCUT2D eigenvalue weighted by Gasteiger charge is -2.21. The standard InChI is InChI=1S/C24H37N5O4/c1-3-5-6-7-8-20-24(25-13-11-23(32)28(14-4-2)16-17-30)29-15-12-19(18-21(29)26-20)9-10-22(31)27-33/h9-10,12,15,18,25,30,33H,3-8,11,13-14,16-17H2,1-2H3,(H,27,31)/b10-9+. The number of amides is 2. The molecular formula is C24H37N5O4. The smallest absolute Gasteiger partial charge is 0.267 e. The molecule has 4 N–H and O–H groups in total. The maximum Gasteiger partial charge on any atom is 0.267 e. The minimum atomic E-state index is -0.597. The van der Waals surface area contributed by atoms with Gasteiger partial charge in [0, 0.05) is 38.3 Å². The van der Waals surface area contributed by atoms with Gasteiger partial charge in [0.05, 0.1) is 12.3 Å². The van der Waals surface area contributed by atoms with E-state index >= 15 is 0 Å². The van der Waals surface area contributed by atoms with Crippen LogP contribution in [-0.2, 0) is 16.0 Å². The first-order chi connectivity index (χ1) is 16.0. The molecule has 0 aliphatic heterocycles. The van der Waals surface area contributed by atoms with Gasteiger partial charge in [-0.3, -0.25) is 19.2 Å². The number of aromatic nitrogens is 2. The summed E-state index contributed by atoms with van der Waals surface area (Å²) in [6.45, 7) is 5.62. The fourth-order valence-corrected chi connectivity index (χ4v) is 3.70. The summed E-state index contributed by atoms with van der Waals surface area (Å²) in [7, 11) is 0. The number of aliphatic hydroxyl groups excluding tert-OH is 1. The van der Waals surface area contributed by atoms with E-state index in [-0.39, 0.29) is 12.5 Å². The first-order valence-corrected chi connectivity index (χ1v) is 11.8. The summed E-state index contributed by atoms with van der Waals surface area (Å²) in [6.07, 6.45) is 11.3. The van der Waals surface area contributed by atoms with E-state index in [1.165, 1.54) is 12.5 Å². The molecule has 2 amide bonds. The molecular weight excluding hydrogens is 422 g/mol. The monoisotopic (exact) mass is 459 g/mol. The third-order valence-corrected chi connectivity index (χ3v) is 5.37. The number of anilines is 1. The molecule has 0 aromatic carbocycles. The van der Waals surface area contributed by atoms with Gasteiger partial charge in [0.2, 0.25) is 5.91 Å². The summed E-state index contributed by atoms with van der Waals surface area (Å²) >= 11 is 0. The van der Waals surface area contributed by atoms with Gasteiger partial charge in [-0.1, -0.05) is 33.1 Å². The highest BCUT2D eigenvalue weighted by atomic mass is 16.5. The van der Waals surface area contributed by atoms with Crippen molar-refractivity contribution in [1.82, 2.24) is 19.8 Å². The molecule has 0 bridgehead atoms. The van der Waals surface area contributed by atoms with Crippen molar-refractivity contribution in [2.24, 2.45) is 0 Å². The number of aryl methyl sites for hydroxylation is 1. The van der Waals surface area contributed by atoms with E-state index < -0.39 is 5.91 Å². The van der Waals surface area contributed by atoms with E-state index in [0.717, 1.165) is 54.8 Å². The average Bonchev–Trinajstić information content (AvgIpc) is 3.16. The quantitative estimate of drug-likeness (QED) is 0.141. The second-order valence-corrected chi connectivity index (χ2v) is 8.00. The number of rotatable bonds is 15. The van der Waals surface area contributed by atoms with Crippen LogP contribution in [0.25, 0.3) is 11.7 Å². The molecule has 0 aliphatic rings. The fraction of sp³-hybridized carbons (Fsp3) is 0.542. The highest BCUT2D eigenvalue weighted by Crippen LogP contribution is 2.22. The van der Waals surface area contributed by atoms with E-state index in [1.54, 1.807) is 16.5 Å². The predicted molar refractivity (Wildman–Crippen MR) is 129 cm³/mol. The Kier molecular flexibility index (Phi) is 11.4. The van der Waals surface area contributed by atoms with Crippen molar-refractivity contribution in [1.29, 1.82) is 0 Å². The van der Waals surface area contributed by atoms with Gasteiger partial charge in [-0.25, -0.2) is 10.5 Å². The molecule has 33 heavy (non-hydrogen) atoms. The molecule has 0 unspecified atom stereocenters. The van der Waals surface area contributed by atoms with Crippen LogP contribution < -0.4 is 10.8 Å². The van der Waals surface area contributed by atoms with Crippen LogP contribution in [0.2, 0.25) is 0 Å². The van der Waals surface area contributed by atoms with E-state index in [0.29, 0.717) is 26.1 Å². The van der Waals surface area contributed by atoms with Gasteiger partial charge in [-0.2, -0.15) is 0 Å². The second kappa shape index (κ2) is 14.3. The molecule has 0 aliphatic carbocycles. The highest BCUT2D eigenvalue weighted by Gasteiger charge is 2.15. The Morgan fingerprint density at radius 2 is 2.00 bits per heavy atom. The number of unbranched alkanes of at least 4 members (excludes halogenated alkanes) is 3. The van der Waals surface area contributed by atoms with Crippen molar-refractivity contribution in [3.8, 4) is 0 Å². The molecule has 9 nitrogen and oxygen atoms in total. The number of carbonyl (C=O) groups excluding carboxylic acids is 2. The second-order valence-electron chi connectivity index (χ2n) is 8.00. The van der Waals surface area contributed by atoms with E-state index in [2.05, 4.69) is 12.2 Å². The topological polar surface area (TPSA) is 119 Å². The largest absolute Gasteiger partial charge is 0.395 e. The molecule has 0 atom stereocenters. The number of pyridine rings is 1. The summed E-state index contributed by atoms with van der Waals surface area (Å²) < 4.78 is 1.96. The maximum absolute atomic E-state index is 12.5. The SMILES string of the molecule is CCCCCCc1nc2cc(/C=C/C(=O)NO)ccn2c1NCCC(=O)N(CCC)CCO. The number of hydrogen-bond acceptors (Lipinski definition) is 6. The summed E-state index contributed by atoms with van der Waals surface area (Å²) in [4.78, 5) is 30.3. The number of hydrogen-bond donors (Lipinski definition) is 4. The summed E-state index contributed by atoms with van der Waals surface area (Å²) in [6, 6.07) is 3.73. The lowest BCUT2D eigenvalue weighted by atomic mass is 10.1. The zero-order valence-corrected chi connectivity index (χ0v) is 19.7. The van der Waals surface area contributed by atoms with Gasteiger partial charge in [-0.15, -0.1) is 0 Å². The van der Waals surface area contributed by atoms with Crippen LogP contribution >= 0.6 is 0 Å². The van der Waals surface area contributed by atoms with Gasteiger partial charge in [-0.05, 0) is 43.0 Å². The molecule has 0 saturated heterocycles. The Labute approximate surface area is 195 Å². The number of aliphatic hydroxyl groups is 1. The fourth-order valence-electron chi connectivity index (χ4n) is 3.70. The Hall–Kier alpha value is -2.91. The number of carbonyl (C=O) groups is 2. The van der Waals surface area contributed by atoms with Crippen LogP contribution in [0.15, 0.2) is 24.4 Å². The third-order valence-electron chi connectivity index (χ3n) is 5.37. The lowest BCUT2D eigenvalue weighted by Crippen LogP contribution is -2.35.